The molecule has 2 rings (SSSR count). The van der Waals surface area contributed by atoms with Crippen LogP contribution in [0.3, 0.4) is 0 Å². The van der Waals surface area contributed by atoms with Crippen molar-refractivity contribution in [3.63, 3.8) is 0 Å². The SMILES string of the molecule is CCNC(=NCC(C)N1CCCC(C)C1)NCCCOCC1CCCO1. The molecule has 2 N–H and O–H groups in total. The molecule has 2 aliphatic rings. The largest absolute Gasteiger partial charge is 0.379 e. The summed E-state index contributed by atoms with van der Waals surface area (Å²) in [6.45, 7) is 14.2. The first-order valence-electron chi connectivity index (χ1n) is 10.6. The van der Waals surface area contributed by atoms with E-state index in [-0.39, 0.29) is 0 Å². The molecule has 0 aromatic carbocycles. The summed E-state index contributed by atoms with van der Waals surface area (Å²) in [5.74, 6) is 1.74. The van der Waals surface area contributed by atoms with E-state index in [1.807, 2.05) is 0 Å². The molecule has 152 valence electrons. The van der Waals surface area contributed by atoms with Gasteiger partial charge >= 0.3 is 0 Å². The van der Waals surface area contributed by atoms with Gasteiger partial charge in [0.25, 0.3) is 0 Å². The van der Waals surface area contributed by atoms with Crippen LogP contribution in [0, 0.1) is 5.92 Å². The van der Waals surface area contributed by atoms with Gasteiger partial charge in [-0.3, -0.25) is 9.89 Å². The van der Waals surface area contributed by atoms with Crippen LogP contribution in [-0.2, 0) is 9.47 Å². The molecule has 0 spiro atoms. The second kappa shape index (κ2) is 12.5. The average molecular weight is 369 g/mol. The molecule has 6 heteroatoms. The zero-order valence-electron chi connectivity index (χ0n) is 17.1. The second-order valence-corrected chi connectivity index (χ2v) is 7.80. The molecule has 2 fully saturated rings. The van der Waals surface area contributed by atoms with Crippen LogP contribution >= 0.6 is 0 Å². The number of ether oxygens (including phenoxy) is 2. The molecule has 2 heterocycles. The van der Waals surface area contributed by atoms with Crippen molar-refractivity contribution < 1.29 is 9.47 Å². The van der Waals surface area contributed by atoms with Crippen molar-refractivity contribution in [2.24, 2.45) is 10.9 Å². The number of likely N-dealkylation sites (tertiary alicyclic amines) is 1. The van der Waals surface area contributed by atoms with Crippen LogP contribution in [0.1, 0.15) is 52.9 Å². The summed E-state index contributed by atoms with van der Waals surface area (Å²) in [4.78, 5) is 7.37. The zero-order valence-corrected chi connectivity index (χ0v) is 17.1. The van der Waals surface area contributed by atoms with E-state index >= 15 is 0 Å². The quantitative estimate of drug-likeness (QED) is 0.352. The first-order chi connectivity index (χ1) is 12.7. The van der Waals surface area contributed by atoms with Crippen LogP contribution in [-0.4, -0.2) is 75.5 Å². The highest BCUT2D eigenvalue weighted by Gasteiger charge is 2.20. The molecule has 6 nitrogen and oxygen atoms in total. The lowest BCUT2D eigenvalue weighted by Gasteiger charge is -2.35. The number of hydrogen-bond donors (Lipinski definition) is 2. The lowest BCUT2D eigenvalue weighted by Crippen LogP contribution is -2.43. The van der Waals surface area contributed by atoms with E-state index in [1.165, 1.54) is 32.4 Å². The highest BCUT2D eigenvalue weighted by molar-refractivity contribution is 5.79. The molecule has 0 bridgehead atoms. The summed E-state index contributed by atoms with van der Waals surface area (Å²) in [5.41, 5.74) is 0. The standard InChI is InChI=1S/C20H40N4O2/c1-4-21-20(22-10-7-12-25-16-19-9-6-13-26-19)23-14-18(3)24-11-5-8-17(2)15-24/h17-19H,4-16H2,1-3H3,(H2,21,22,23). The van der Waals surface area contributed by atoms with Crippen molar-refractivity contribution in [2.45, 2.75) is 65.0 Å². The van der Waals surface area contributed by atoms with Gasteiger partial charge in [-0.25, -0.2) is 0 Å². The highest BCUT2D eigenvalue weighted by atomic mass is 16.5. The normalized spacial score (nSPS) is 26.0. The fraction of sp³-hybridized carbons (Fsp3) is 0.950. The minimum absolute atomic E-state index is 0.320. The Hall–Kier alpha value is -0.850. The van der Waals surface area contributed by atoms with E-state index in [2.05, 4.69) is 36.3 Å². The zero-order chi connectivity index (χ0) is 18.6. The van der Waals surface area contributed by atoms with E-state index in [9.17, 15) is 0 Å². The van der Waals surface area contributed by atoms with E-state index in [4.69, 9.17) is 14.5 Å². The fourth-order valence-corrected chi connectivity index (χ4v) is 3.68. The molecule has 0 radical (unpaired) electrons. The van der Waals surface area contributed by atoms with Crippen molar-refractivity contribution in [3.05, 3.63) is 0 Å². The number of guanidine groups is 1. The van der Waals surface area contributed by atoms with Crippen LogP contribution in [0.2, 0.25) is 0 Å². The molecule has 0 amide bonds. The highest BCUT2D eigenvalue weighted by Crippen LogP contribution is 2.17. The molecule has 3 unspecified atom stereocenters. The van der Waals surface area contributed by atoms with Crippen LogP contribution < -0.4 is 10.6 Å². The molecule has 3 atom stereocenters. The summed E-state index contributed by atoms with van der Waals surface area (Å²) < 4.78 is 11.3. The molecule has 2 aliphatic heterocycles. The van der Waals surface area contributed by atoms with Crippen LogP contribution in [0.25, 0.3) is 0 Å². The number of nitrogens with one attached hydrogen (secondary N) is 2. The lowest BCUT2D eigenvalue weighted by atomic mass is 9.99. The number of nitrogens with zero attached hydrogens (tertiary/aromatic N) is 2. The second-order valence-electron chi connectivity index (χ2n) is 7.80. The van der Waals surface area contributed by atoms with E-state index < -0.39 is 0 Å². The van der Waals surface area contributed by atoms with Gasteiger partial charge in [-0.2, -0.15) is 0 Å². The van der Waals surface area contributed by atoms with E-state index in [1.54, 1.807) is 0 Å². The molecule has 2 saturated heterocycles. The lowest BCUT2D eigenvalue weighted by molar-refractivity contribution is 0.0168. The summed E-state index contributed by atoms with van der Waals surface area (Å²) in [6.07, 6.45) is 6.30. The smallest absolute Gasteiger partial charge is 0.191 e. The Balaban J connectivity index is 1.60. The van der Waals surface area contributed by atoms with Crippen LogP contribution in [0.4, 0.5) is 0 Å². The van der Waals surface area contributed by atoms with Crippen LogP contribution in [0.15, 0.2) is 4.99 Å². The third-order valence-corrected chi connectivity index (χ3v) is 5.26. The molecule has 0 aromatic rings. The van der Waals surface area contributed by atoms with Gasteiger partial charge in [0.05, 0.1) is 19.3 Å². The van der Waals surface area contributed by atoms with Gasteiger partial charge < -0.3 is 20.1 Å². The third-order valence-electron chi connectivity index (χ3n) is 5.26. The first-order valence-corrected chi connectivity index (χ1v) is 10.6. The molecule has 0 aliphatic carbocycles. The third kappa shape index (κ3) is 8.23. The maximum atomic E-state index is 5.71. The monoisotopic (exact) mass is 368 g/mol. The van der Waals surface area contributed by atoms with Crippen molar-refractivity contribution in [2.75, 3.05) is 52.5 Å². The minimum Gasteiger partial charge on any atom is -0.379 e. The summed E-state index contributed by atoms with van der Waals surface area (Å²) in [6, 6.07) is 0.503. The Kier molecular flexibility index (Phi) is 10.3. The molecular formula is C20H40N4O2. The van der Waals surface area contributed by atoms with Crippen LogP contribution in [0.5, 0.6) is 0 Å². The van der Waals surface area contributed by atoms with E-state index in [0.29, 0.717) is 12.1 Å². The Morgan fingerprint density at radius 1 is 1.31 bits per heavy atom. The average Bonchev–Trinajstić information content (AvgIpc) is 3.15. The summed E-state index contributed by atoms with van der Waals surface area (Å²) in [5, 5.41) is 6.77. The summed E-state index contributed by atoms with van der Waals surface area (Å²) >= 11 is 0. The number of hydrogen-bond acceptors (Lipinski definition) is 4. The molecular weight excluding hydrogens is 328 g/mol. The van der Waals surface area contributed by atoms with Gasteiger partial charge in [-0.15, -0.1) is 0 Å². The maximum absolute atomic E-state index is 5.71. The van der Waals surface area contributed by atoms with Gasteiger partial charge in [-0.05, 0) is 58.4 Å². The van der Waals surface area contributed by atoms with Crippen molar-refractivity contribution in [1.29, 1.82) is 0 Å². The van der Waals surface area contributed by atoms with Crippen molar-refractivity contribution in [1.82, 2.24) is 15.5 Å². The van der Waals surface area contributed by atoms with Gasteiger partial charge in [0.1, 0.15) is 0 Å². The van der Waals surface area contributed by atoms with Crippen molar-refractivity contribution >= 4 is 5.96 Å². The minimum atomic E-state index is 0.320. The number of aliphatic imine (C=N–C) groups is 1. The predicted octanol–water partition coefficient (Wildman–Crippen LogP) is 2.25. The Morgan fingerprint density at radius 3 is 2.92 bits per heavy atom. The van der Waals surface area contributed by atoms with Gasteiger partial charge in [0, 0.05) is 38.9 Å². The Labute approximate surface area is 160 Å². The topological polar surface area (TPSA) is 58.1 Å². The number of rotatable bonds is 10. The summed E-state index contributed by atoms with van der Waals surface area (Å²) in [7, 11) is 0. The molecule has 0 saturated carbocycles. The Morgan fingerprint density at radius 2 is 2.19 bits per heavy atom. The van der Waals surface area contributed by atoms with Gasteiger partial charge in [-0.1, -0.05) is 6.92 Å². The maximum Gasteiger partial charge on any atom is 0.191 e. The van der Waals surface area contributed by atoms with E-state index in [0.717, 1.165) is 64.2 Å². The van der Waals surface area contributed by atoms with Crippen molar-refractivity contribution in [3.8, 4) is 0 Å². The van der Waals surface area contributed by atoms with Gasteiger partial charge in [0.15, 0.2) is 5.96 Å². The molecule has 0 aromatic heterocycles. The number of piperidine rings is 1. The molecule has 26 heavy (non-hydrogen) atoms. The predicted molar refractivity (Wildman–Crippen MR) is 108 cm³/mol. The Bertz CT molecular complexity index is 399. The fourth-order valence-electron chi connectivity index (χ4n) is 3.68. The van der Waals surface area contributed by atoms with Gasteiger partial charge in [0.2, 0.25) is 0 Å². The first kappa shape index (κ1) is 21.5.